The van der Waals surface area contributed by atoms with Crippen molar-refractivity contribution in [2.45, 2.75) is 63.7 Å². The van der Waals surface area contributed by atoms with Gasteiger partial charge in [-0.2, -0.15) is 0 Å². The lowest BCUT2D eigenvalue weighted by Crippen LogP contribution is -2.49. The van der Waals surface area contributed by atoms with Crippen LogP contribution in [0.5, 0.6) is 0 Å². The number of likely N-dealkylation sites (tertiary alicyclic amines) is 2. The molecule has 1 N–H and O–H groups in total. The van der Waals surface area contributed by atoms with Crippen molar-refractivity contribution >= 4 is 17.2 Å². The fourth-order valence-electron chi connectivity index (χ4n) is 5.72. The molecule has 208 valence electrons. The number of aliphatic hydroxyl groups is 1. The first-order chi connectivity index (χ1) is 18.2. The van der Waals surface area contributed by atoms with E-state index in [0.29, 0.717) is 44.8 Å². The molecule has 0 bridgehead atoms. The zero-order valence-electron chi connectivity index (χ0n) is 22.2. The molecule has 2 saturated heterocycles. The van der Waals surface area contributed by atoms with Crippen molar-refractivity contribution in [3.8, 4) is 0 Å². The van der Waals surface area contributed by atoms with Crippen LogP contribution in [-0.2, 0) is 23.7 Å². The Kier molecular flexibility index (Phi) is 11.7. The first kappa shape index (κ1) is 28.5. The van der Waals surface area contributed by atoms with Gasteiger partial charge in [0.2, 0.25) is 6.29 Å². The number of carbonyl (C=O) groups is 1. The zero-order chi connectivity index (χ0) is 25.9. The minimum Gasteiger partial charge on any atom is -0.459 e. The summed E-state index contributed by atoms with van der Waals surface area (Å²) in [7, 11) is 0. The average Bonchev–Trinajstić information content (AvgIpc) is 3.48. The molecule has 3 aliphatic rings. The van der Waals surface area contributed by atoms with Gasteiger partial charge in [-0.25, -0.2) is 0 Å². The molecular formula is C28H44N2O6S. The van der Waals surface area contributed by atoms with Gasteiger partial charge in [-0.15, -0.1) is 11.3 Å². The molecule has 0 unspecified atom stereocenters. The van der Waals surface area contributed by atoms with Crippen LogP contribution in [0.1, 0.15) is 56.2 Å². The van der Waals surface area contributed by atoms with E-state index in [4.69, 9.17) is 24.1 Å². The molecule has 1 aromatic heterocycles. The largest absolute Gasteiger partial charge is 0.459 e. The lowest BCUT2D eigenvalue weighted by Gasteiger charge is -2.41. The van der Waals surface area contributed by atoms with Crippen LogP contribution in [0.3, 0.4) is 0 Å². The van der Waals surface area contributed by atoms with Gasteiger partial charge < -0.3 is 33.9 Å². The summed E-state index contributed by atoms with van der Waals surface area (Å²) in [5, 5.41) is 10.9. The van der Waals surface area contributed by atoms with Crippen molar-refractivity contribution in [1.82, 2.24) is 9.80 Å². The van der Waals surface area contributed by atoms with E-state index in [1.54, 1.807) is 11.3 Å². The van der Waals surface area contributed by atoms with Gasteiger partial charge in [0.15, 0.2) is 5.76 Å². The molecule has 4 heterocycles. The molecule has 0 radical (unpaired) electrons. The standard InChI is InChI=1S/C28H44N2O6S/c1-2-35-28-23(10-16-33-18-19-34-17-15-31)24(26-7-6-20-37-26)21-25(36-28)27(32)30-13-8-22(9-14-30)29-11-4-3-5-12-29/h6-7,20-24,28,31H,2-5,8-19H2,1H3/t23-,24-,28+/m1/s1. The van der Waals surface area contributed by atoms with Crippen LogP contribution in [-0.4, -0.2) is 99.0 Å². The quantitative estimate of drug-likeness (QED) is 0.386. The molecule has 2 fully saturated rings. The summed E-state index contributed by atoms with van der Waals surface area (Å²) in [6, 6.07) is 4.78. The fraction of sp³-hybridized carbons (Fsp3) is 0.750. The van der Waals surface area contributed by atoms with Gasteiger partial charge in [-0.1, -0.05) is 12.5 Å². The lowest BCUT2D eigenvalue weighted by molar-refractivity contribution is -0.172. The van der Waals surface area contributed by atoms with E-state index in [9.17, 15) is 4.79 Å². The lowest BCUT2D eigenvalue weighted by atomic mass is 9.85. The molecule has 9 heteroatoms. The van der Waals surface area contributed by atoms with Gasteiger partial charge in [0, 0.05) is 49.1 Å². The number of rotatable bonds is 13. The van der Waals surface area contributed by atoms with E-state index < -0.39 is 6.29 Å². The van der Waals surface area contributed by atoms with Crippen LogP contribution in [0.4, 0.5) is 0 Å². The summed E-state index contributed by atoms with van der Waals surface area (Å²) in [5.41, 5.74) is 0. The predicted octanol–water partition coefficient (Wildman–Crippen LogP) is 3.62. The van der Waals surface area contributed by atoms with E-state index in [1.807, 2.05) is 17.9 Å². The van der Waals surface area contributed by atoms with Gasteiger partial charge in [0.25, 0.3) is 5.91 Å². The van der Waals surface area contributed by atoms with Crippen molar-refractivity contribution in [2.24, 2.45) is 5.92 Å². The number of nitrogens with zero attached hydrogens (tertiary/aromatic N) is 2. The van der Waals surface area contributed by atoms with Gasteiger partial charge in [-0.3, -0.25) is 4.79 Å². The smallest absolute Gasteiger partial charge is 0.288 e. The number of carbonyl (C=O) groups excluding carboxylic acids is 1. The second-order valence-electron chi connectivity index (χ2n) is 10.0. The number of amides is 1. The maximum atomic E-state index is 13.6. The van der Waals surface area contributed by atoms with Crippen molar-refractivity contribution in [3.05, 3.63) is 34.2 Å². The number of allylic oxidation sites excluding steroid dienone is 1. The van der Waals surface area contributed by atoms with E-state index in [1.165, 1.54) is 37.2 Å². The van der Waals surface area contributed by atoms with E-state index in [2.05, 4.69) is 22.4 Å². The Bertz CT molecular complexity index is 821. The fourth-order valence-corrected chi connectivity index (χ4v) is 6.59. The highest BCUT2D eigenvalue weighted by Crippen LogP contribution is 2.41. The molecule has 37 heavy (non-hydrogen) atoms. The third-order valence-corrected chi connectivity index (χ3v) is 8.63. The maximum absolute atomic E-state index is 13.6. The van der Waals surface area contributed by atoms with Crippen molar-refractivity contribution in [1.29, 1.82) is 0 Å². The number of aliphatic hydroxyl groups excluding tert-OH is 1. The zero-order valence-corrected chi connectivity index (χ0v) is 23.0. The van der Waals surface area contributed by atoms with Crippen molar-refractivity contribution in [2.75, 3.05) is 65.8 Å². The predicted molar refractivity (Wildman–Crippen MR) is 143 cm³/mol. The third kappa shape index (κ3) is 8.00. The molecule has 4 rings (SSSR count). The number of hydrogen-bond acceptors (Lipinski definition) is 8. The van der Waals surface area contributed by atoms with Crippen molar-refractivity contribution < 1.29 is 28.8 Å². The van der Waals surface area contributed by atoms with Gasteiger partial charge in [0.1, 0.15) is 0 Å². The van der Waals surface area contributed by atoms with Crippen LogP contribution in [0.2, 0.25) is 0 Å². The monoisotopic (exact) mass is 536 g/mol. The molecule has 1 aromatic rings. The average molecular weight is 537 g/mol. The first-order valence-corrected chi connectivity index (χ1v) is 14.9. The molecule has 0 aromatic carbocycles. The highest BCUT2D eigenvalue weighted by atomic mass is 32.1. The summed E-state index contributed by atoms with van der Waals surface area (Å²) in [5.74, 6) is 0.477. The summed E-state index contributed by atoms with van der Waals surface area (Å²) in [6.45, 7) is 8.24. The highest BCUT2D eigenvalue weighted by Gasteiger charge is 2.40. The summed E-state index contributed by atoms with van der Waals surface area (Å²) >= 11 is 1.70. The minimum absolute atomic E-state index is 0.0147. The van der Waals surface area contributed by atoms with Crippen molar-refractivity contribution in [3.63, 3.8) is 0 Å². The molecule has 0 saturated carbocycles. The van der Waals surface area contributed by atoms with Crippen LogP contribution >= 0.6 is 11.3 Å². The topological polar surface area (TPSA) is 80.7 Å². The second kappa shape index (κ2) is 15.2. The van der Waals surface area contributed by atoms with Gasteiger partial charge in [0.05, 0.1) is 26.4 Å². The van der Waals surface area contributed by atoms with E-state index >= 15 is 0 Å². The molecule has 3 atom stereocenters. The number of hydrogen-bond donors (Lipinski definition) is 1. The minimum atomic E-state index is -0.499. The SMILES string of the molecule is CCO[C@H]1OC(C(=O)N2CCC(N3CCCCC3)CC2)=C[C@@H](c2cccs2)[C@H]1CCOCCOCCO. The van der Waals surface area contributed by atoms with Crippen LogP contribution < -0.4 is 0 Å². The molecular weight excluding hydrogens is 492 g/mol. The molecule has 0 spiro atoms. The van der Waals surface area contributed by atoms with E-state index in [-0.39, 0.29) is 24.3 Å². The van der Waals surface area contributed by atoms with Crippen LogP contribution in [0, 0.1) is 5.92 Å². The Labute approximate surface area is 225 Å². The van der Waals surface area contributed by atoms with E-state index in [0.717, 1.165) is 32.4 Å². The summed E-state index contributed by atoms with van der Waals surface area (Å²) in [4.78, 5) is 19.4. The number of thiophene rings is 1. The molecule has 3 aliphatic heterocycles. The molecule has 1 amide bonds. The highest BCUT2D eigenvalue weighted by molar-refractivity contribution is 7.10. The Morgan fingerprint density at radius 2 is 1.84 bits per heavy atom. The Morgan fingerprint density at radius 1 is 1.08 bits per heavy atom. The Balaban J connectivity index is 1.39. The summed E-state index contributed by atoms with van der Waals surface area (Å²) in [6.07, 6.45) is 8.27. The first-order valence-electron chi connectivity index (χ1n) is 14.0. The summed E-state index contributed by atoms with van der Waals surface area (Å²) < 4.78 is 23.4. The Morgan fingerprint density at radius 3 is 2.51 bits per heavy atom. The third-order valence-electron chi connectivity index (χ3n) is 7.66. The van der Waals surface area contributed by atoms with Gasteiger partial charge >= 0.3 is 0 Å². The Hall–Kier alpha value is -1.49. The van der Waals surface area contributed by atoms with Gasteiger partial charge in [-0.05, 0) is 69.6 Å². The normalized spacial score (nSPS) is 25.6. The van der Waals surface area contributed by atoms with Crippen LogP contribution in [0.15, 0.2) is 29.3 Å². The second-order valence-corrected chi connectivity index (χ2v) is 11.0. The number of piperidine rings is 2. The maximum Gasteiger partial charge on any atom is 0.288 e. The van der Waals surface area contributed by atoms with Crippen LogP contribution in [0.25, 0.3) is 0 Å². The molecule has 8 nitrogen and oxygen atoms in total. The molecule has 0 aliphatic carbocycles. The number of ether oxygens (including phenoxy) is 4.